The van der Waals surface area contributed by atoms with Crippen molar-refractivity contribution in [3.05, 3.63) is 0 Å². The molecule has 1 fully saturated rings. The normalized spacial score (nSPS) is 32.4. The molecule has 0 aromatic heterocycles. The fourth-order valence-electron chi connectivity index (χ4n) is 1.85. The van der Waals surface area contributed by atoms with Crippen LogP contribution in [-0.4, -0.2) is 57.2 Å². The highest BCUT2D eigenvalue weighted by Gasteiger charge is 2.36. The quantitative estimate of drug-likeness (QED) is 0.245. The maximum Gasteiger partial charge on any atom is 0.165 e. The lowest BCUT2D eigenvalue weighted by atomic mass is 10.00. The smallest absolute Gasteiger partial charge is 0.165 e. The van der Waals surface area contributed by atoms with Crippen LogP contribution in [0.1, 0.15) is 19.3 Å². The Kier molecular flexibility index (Phi) is 7.05. The van der Waals surface area contributed by atoms with Crippen molar-refractivity contribution in [2.75, 3.05) is 12.7 Å². The van der Waals surface area contributed by atoms with Gasteiger partial charge in [-0.2, -0.15) is 0 Å². The van der Waals surface area contributed by atoms with Gasteiger partial charge in [-0.25, -0.2) is 0 Å². The zero-order valence-electron chi connectivity index (χ0n) is 10.1. The first-order chi connectivity index (χ1) is 8.54. The molecule has 0 amide bonds. The first-order valence-corrected chi connectivity index (χ1v) is 7.31. The van der Waals surface area contributed by atoms with E-state index in [-0.39, 0.29) is 18.7 Å². The molecular formula is C11H20NO5P. The van der Waals surface area contributed by atoms with Crippen molar-refractivity contribution in [1.82, 2.24) is 5.32 Å². The Hall–Kier alpha value is -0.250. The first kappa shape index (κ1) is 15.8. The highest BCUT2D eigenvalue weighted by Crippen LogP contribution is 2.28. The van der Waals surface area contributed by atoms with Crippen molar-refractivity contribution in [1.29, 1.82) is 0 Å². The molecule has 0 aromatic rings. The van der Waals surface area contributed by atoms with Gasteiger partial charge in [-0.3, -0.25) is 5.32 Å². The van der Waals surface area contributed by atoms with Crippen molar-refractivity contribution < 1.29 is 24.7 Å². The Morgan fingerprint density at radius 3 is 2.72 bits per heavy atom. The SMILES string of the molecule is C#CCCNC1OC(CCP(O)O)CC(O)C1O. The van der Waals surface area contributed by atoms with Crippen LogP contribution >= 0.6 is 8.38 Å². The maximum absolute atomic E-state index is 9.75. The first-order valence-electron chi connectivity index (χ1n) is 5.88. The van der Waals surface area contributed by atoms with Crippen molar-refractivity contribution in [3.63, 3.8) is 0 Å². The van der Waals surface area contributed by atoms with E-state index in [0.29, 0.717) is 19.4 Å². The van der Waals surface area contributed by atoms with Gasteiger partial charge in [0.1, 0.15) is 12.3 Å². The number of hydrogen-bond acceptors (Lipinski definition) is 6. The minimum atomic E-state index is -1.95. The molecular weight excluding hydrogens is 257 g/mol. The van der Waals surface area contributed by atoms with Crippen LogP contribution in [0, 0.1) is 12.3 Å². The third-order valence-electron chi connectivity index (χ3n) is 2.81. The predicted molar refractivity (Wildman–Crippen MR) is 67.6 cm³/mol. The Labute approximate surface area is 108 Å². The molecule has 6 nitrogen and oxygen atoms in total. The lowest BCUT2D eigenvalue weighted by molar-refractivity contribution is -0.178. The van der Waals surface area contributed by atoms with Crippen LogP contribution < -0.4 is 5.32 Å². The van der Waals surface area contributed by atoms with Crippen LogP contribution in [0.2, 0.25) is 0 Å². The van der Waals surface area contributed by atoms with Crippen LogP contribution in [0.25, 0.3) is 0 Å². The molecule has 7 heteroatoms. The predicted octanol–water partition coefficient (Wildman–Crippen LogP) is -0.877. The third kappa shape index (κ3) is 5.17. The van der Waals surface area contributed by atoms with Crippen LogP contribution in [0.15, 0.2) is 0 Å². The minimum absolute atomic E-state index is 0.236. The van der Waals surface area contributed by atoms with Crippen LogP contribution in [-0.2, 0) is 4.74 Å². The van der Waals surface area contributed by atoms with E-state index >= 15 is 0 Å². The number of rotatable bonds is 6. The summed E-state index contributed by atoms with van der Waals surface area (Å²) >= 11 is 0. The standard InChI is InChI=1S/C11H20NO5P/c1-2-3-5-12-11-10(14)9(13)7-8(17-11)4-6-18(15)16/h1,8-16H,3-7H2. The minimum Gasteiger partial charge on any atom is -0.390 e. The number of aliphatic hydroxyl groups is 2. The van der Waals surface area contributed by atoms with Gasteiger partial charge in [-0.15, -0.1) is 12.3 Å². The number of ether oxygens (including phenoxy) is 1. The molecule has 5 N–H and O–H groups in total. The Morgan fingerprint density at radius 2 is 2.11 bits per heavy atom. The second kappa shape index (κ2) is 8.03. The van der Waals surface area contributed by atoms with Crippen molar-refractivity contribution in [2.24, 2.45) is 0 Å². The number of terminal acetylenes is 1. The molecule has 4 unspecified atom stereocenters. The maximum atomic E-state index is 9.75. The largest absolute Gasteiger partial charge is 0.390 e. The molecule has 1 saturated heterocycles. The van der Waals surface area contributed by atoms with E-state index in [4.69, 9.17) is 20.9 Å². The molecule has 0 bridgehead atoms. The van der Waals surface area contributed by atoms with Crippen LogP contribution in [0.5, 0.6) is 0 Å². The molecule has 0 aliphatic carbocycles. The average molecular weight is 277 g/mol. The van der Waals surface area contributed by atoms with Crippen molar-refractivity contribution in [2.45, 2.75) is 43.8 Å². The van der Waals surface area contributed by atoms with E-state index in [0.717, 1.165) is 0 Å². The van der Waals surface area contributed by atoms with Crippen LogP contribution in [0.4, 0.5) is 0 Å². The van der Waals surface area contributed by atoms with E-state index in [1.54, 1.807) is 0 Å². The molecule has 1 heterocycles. The Bertz CT molecular complexity index is 283. The van der Waals surface area contributed by atoms with E-state index in [2.05, 4.69) is 11.2 Å². The molecule has 18 heavy (non-hydrogen) atoms. The summed E-state index contributed by atoms with van der Waals surface area (Å²) in [6.07, 6.45) is 3.75. The summed E-state index contributed by atoms with van der Waals surface area (Å²) in [6.45, 7) is 0.490. The van der Waals surface area contributed by atoms with E-state index in [1.807, 2.05) is 0 Å². The molecule has 104 valence electrons. The van der Waals surface area contributed by atoms with Gasteiger partial charge in [-0.1, -0.05) is 0 Å². The van der Waals surface area contributed by atoms with E-state index < -0.39 is 26.8 Å². The monoisotopic (exact) mass is 277 g/mol. The fourth-order valence-corrected chi connectivity index (χ4v) is 2.37. The summed E-state index contributed by atoms with van der Waals surface area (Å²) in [5, 5.41) is 22.4. The number of hydrogen-bond donors (Lipinski definition) is 5. The second-order valence-corrected chi connectivity index (χ2v) is 5.46. The summed E-state index contributed by atoms with van der Waals surface area (Å²) in [5.41, 5.74) is 0. The topological polar surface area (TPSA) is 102 Å². The van der Waals surface area contributed by atoms with E-state index in [1.165, 1.54) is 0 Å². The summed E-state index contributed by atoms with van der Waals surface area (Å²) in [5.74, 6) is 2.46. The van der Waals surface area contributed by atoms with Gasteiger partial charge in [-0.05, 0) is 6.42 Å². The van der Waals surface area contributed by atoms with E-state index in [9.17, 15) is 10.2 Å². The molecule has 1 rings (SSSR count). The number of nitrogens with one attached hydrogen (secondary N) is 1. The summed E-state index contributed by atoms with van der Waals surface area (Å²) < 4.78 is 5.56. The average Bonchev–Trinajstić information content (AvgIpc) is 2.32. The van der Waals surface area contributed by atoms with Crippen molar-refractivity contribution >= 4 is 8.38 Å². The highest BCUT2D eigenvalue weighted by molar-refractivity contribution is 7.45. The van der Waals surface area contributed by atoms with Gasteiger partial charge in [0.2, 0.25) is 0 Å². The summed E-state index contributed by atoms with van der Waals surface area (Å²) in [6, 6.07) is 0. The molecule has 0 saturated carbocycles. The van der Waals surface area contributed by atoms with Gasteiger partial charge >= 0.3 is 0 Å². The molecule has 1 aliphatic rings. The molecule has 1 aliphatic heterocycles. The third-order valence-corrected chi connectivity index (χ3v) is 3.47. The fraction of sp³-hybridized carbons (Fsp3) is 0.818. The van der Waals surface area contributed by atoms with Crippen LogP contribution in [0.3, 0.4) is 0 Å². The molecule has 0 radical (unpaired) electrons. The molecule has 0 aromatic carbocycles. The number of aliphatic hydroxyl groups excluding tert-OH is 2. The lowest BCUT2D eigenvalue weighted by Gasteiger charge is -2.37. The second-order valence-electron chi connectivity index (χ2n) is 4.27. The van der Waals surface area contributed by atoms with Gasteiger partial charge in [0.05, 0.1) is 12.2 Å². The molecule has 4 atom stereocenters. The van der Waals surface area contributed by atoms with Gasteiger partial charge in [0.25, 0.3) is 0 Å². The molecule has 0 spiro atoms. The lowest BCUT2D eigenvalue weighted by Crippen LogP contribution is -2.55. The summed E-state index contributed by atoms with van der Waals surface area (Å²) in [4.78, 5) is 17.7. The van der Waals surface area contributed by atoms with Gasteiger partial charge in [0, 0.05) is 25.5 Å². The highest BCUT2D eigenvalue weighted by atomic mass is 31.2. The Morgan fingerprint density at radius 1 is 1.39 bits per heavy atom. The summed E-state index contributed by atoms with van der Waals surface area (Å²) in [7, 11) is -1.95. The zero-order valence-corrected chi connectivity index (χ0v) is 11.0. The van der Waals surface area contributed by atoms with Gasteiger partial charge in [0.15, 0.2) is 8.38 Å². The van der Waals surface area contributed by atoms with Gasteiger partial charge < -0.3 is 24.7 Å². The zero-order chi connectivity index (χ0) is 13.5. The Balaban J connectivity index is 2.42. The van der Waals surface area contributed by atoms with Crippen molar-refractivity contribution in [3.8, 4) is 12.3 Å².